The molecule has 15 rings (SSSR count). The van der Waals surface area contributed by atoms with Crippen LogP contribution in [0.2, 0.25) is 0 Å². The van der Waals surface area contributed by atoms with Gasteiger partial charge in [0, 0.05) is 57.3 Å². The summed E-state index contributed by atoms with van der Waals surface area (Å²) >= 11 is 0. The van der Waals surface area contributed by atoms with E-state index >= 15 is 0 Å². The molecule has 68 heavy (non-hydrogen) atoms. The third-order valence-electron chi connectivity index (χ3n) is 14.3. The molecule has 0 N–H and O–H groups in total. The Labute approximate surface area is 393 Å². The van der Waals surface area contributed by atoms with Gasteiger partial charge in [0.05, 0.1) is 16.8 Å². The van der Waals surface area contributed by atoms with E-state index in [4.69, 9.17) is 13.9 Å². The Morgan fingerprint density at radius 1 is 0.353 bits per heavy atom. The molecule has 0 saturated heterocycles. The number of fused-ring (bicyclic) bond motifs is 12. The summed E-state index contributed by atoms with van der Waals surface area (Å²) < 4.78 is 20.8. The van der Waals surface area contributed by atoms with Crippen LogP contribution in [0.15, 0.2) is 229 Å². The van der Waals surface area contributed by atoms with Crippen LogP contribution in [-0.2, 0) is 0 Å². The van der Waals surface area contributed by atoms with Crippen molar-refractivity contribution in [2.75, 3.05) is 14.7 Å². The molecule has 5 heterocycles. The van der Waals surface area contributed by atoms with Gasteiger partial charge in [0.25, 0.3) is 13.4 Å². The van der Waals surface area contributed by atoms with Gasteiger partial charge in [-0.2, -0.15) is 0 Å². The lowest BCUT2D eigenvalue weighted by Gasteiger charge is -2.44. The number of furan rings is 1. The van der Waals surface area contributed by atoms with Crippen LogP contribution in [0.25, 0.3) is 21.9 Å². The Bertz CT molecular complexity index is 3810. The van der Waals surface area contributed by atoms with Crippen molar-refractivity contribution in [1.29, 1.82) is 0 Å². The smallest absolute Gasteiger partial charge is 0.256 e. The van der Waals surface area contributed by atoms with Crippen molar-refractivity contribution >= 4 is 119 Å². The highest BCUT2D eigenvalue weighted by Gasteiger charge is 2.48. The largest absolute Gasteiger partial charge is 0.458 e. The fourth-order valence-corrected chi connectivity index (χ4v) is 11.6. The predicted molar refractivity (Wildman–Crippen MR) is 280 cm³/mol. The van der Waals surface area contributed by atoms with E-state index in [9.17, 15) is 0 Å². The first-order chi connectivity index (χ1) is 33.7. The third kappa shape index (κ3) is 5.31. The van der Waals surface area contributed by atoms with Gasteiger partial charge < -0.3 is 28.6 Å². The van der Waals surface area contributed by atoms with Crippen LogP contribution in [-0.4, -0.2) is 13.4 Å². The van der Waals surface area contributed by atoms with Crippen molar-refractivity contribution in [3.8, 4) is 23.0 Å². The van der Waals surface area contributed by atoms with E-state index < -0.39 is 0 Å². The van der Waals surface area contributed by atoms with E-state index in [0.29, 0.717) is 0 Å². The molecule has 0 fully saturated rings. The first-order valence-corrected chi connectivity index (χ1v) is 23.2. The average Bonchev–Trinajstić information content (AvgIpc) is 3.77. The number of benzene rings is 10. The summed E-state index contributed by atoms with van der Waals surface area (Å²) in [4.78, 5) is 7.27. The van der Waals surface area contributed by atoms with E-state index in [-0.39, 0.29) is 13.4 Å². The summed E-state index contributed by atoms with van der Waals surface area (Å²) in [6, 6.07) is 80.0. The van der Waals surface area contributed by atoms with Crippen LogP contribution in [0.5, 0.6) is 23.0 Å². The first kappa shape index (κ1) is 37.4. The maximum Gasteiger partial charge on any atom is 0.256 e. The Morgan fingerprint density at radius 2 is 0.868 bits per heavy atom. The SMILES string of the molecule is c1ccc(N(c2ccccc2)c2cc3c4c(c2)N(c2ccccc2)c2cc5c(cc2B4c2ccccc2O3)B2c3ccccc3Oc3cc4oc6ccccc6c4c(c32)N5c2ccccc2)cc1. The molecule has 10 aromatic carbocycles. The topological polar surface area (TPSA) is 41.3 Å². The minimum absolute atomic E-state index is 0.136. The van der Waals surface area contributed by atoms with Gasteiger partial charge in [-0.3, -0.25) is 0 Å². The van der Waals surface area contributed by atoms with Crippen molar-refractivity contribution in [1.82, 2.24) is 0 Å². The third-order valence-corrected chi connectivity index (χ3v) is 14.3. The summed E-state index contributed by atoms with van der Waals surface area (Å²) in [6.45, 7) is -0.278. The molecule has 0 bridgehead atoms. The lowest BCUT2D eigenvalue weighted by atomic mass is 9.30. The predicted octanol–water partition coefficient (Wildman–Crippen LogP) is 11.9. The summed E-state index contributed by atoms with van der Waals surface area (Å²) in [7, 11) is 0. The van der Waals surface area contributed by atoms with Gasteiger partial charge in [0.15, 0.2) is 0 Å². The van der Waals surface area contributed by atoms with Gasteiger partial charge in [0.2, 0.25) is 0 Å². The molecule has 1 aromatic heterocycles. The molecule has 4 aliphatic heterocycles. The van der Waals surface area contributed by atoms with Gasteiger partial charge >= 0.3 is 0 Å². The first-order valence-electron chi connectivity index (χ1n) is 23.2. The summed E-state index contributed by atoms with van der Waals surface area (Å²) in [5, 5.41) is 2.14. The number of hydrogen-bond donors (Lipinski definition) is 0. The molecule has 8 heteroatoms. The van der Waals surface area contributed by atoms with Crippen LogP contribution in [0, 0.1) is 0 Å². The van der Waals surface area contributed by atoms with Gasteiger partial charge in [-0.05, 0) is 112 Å². The van der Waals surface area contributed by atoms with Crippen LogP contribution in [0.4, 0.5) is 51.2 Å². The number of anilines is 9. The van der Waals surface area contributed by atoms with E-state index in [0.717, 1.165) is 118 Å². The lowest BCUT2D eigenvalue weighted by Crippen LogP contribution is -2.63. The maximum atomic E-state index is 7.12. The molecule has 4 aliphatic rings. The number of ether oxygens (including phenoxy) is 2. The quantitative estimate of drug-likeness (QED) is 0.161. The van der Waals surface area contributed by atoms with Crippen LogP contribution in [0.3, 0.4) is 0 Å². The standard InChI is InChI=1S/C60H37B2N3O3/c1-5-19-38(20-6-1)63(39-21-7-2-8-22-39)42-33-50-58-55(34-42)67-52-31-17-14-28-44(52)61(58)46-35-47-49(36-48(46)64(50)40-23-9-3-10-24-40)65(41-25-11-4-12-26-41)60-57-43-27-13-16-30-51(43)66-54(57)37-56-59(60)62(47)45-29-15-18-32-53(45)68-56/h1-37H. The molecule has 11 aromatic rings. The fraction of sp³-hybridized carbons (Fsp3) is 0. The number of para-hydroxylation sites is 7. The van der Waals surface area contributed by atoms with Crippen LogP contribution >= 0.6 is 0 Å². The highest BCUT2D eigenvalue weighted by atomic mass is 16.5. The molecule has 316 valence electrons. The summed E-state index contributed by atoms with van der Waals surface area (Å²) in [5.41, 5.74) is 18.2. The van der Waals surface area contributed by atoms with E-state index in [1.807, 2.05) is 6.07 Å². The van der Waals surface area contributed by atoms with Gasteiger partial charge in [0.1, 0.15) is 34.2 Å². The van der Waals surface area contributed by atoms with Crippen molar-refractivity contribution < 1.29 is 13.9 Å². The molecule has 0 radical (unpaired) electrons. The second kappa shape index (κ2) is 14.3. The normalized spacial score (nSPS) is 13.4. The Balaban J connectivity index is 1.07. The average molecular weight is 870 g/mol. The second-order valence-electron chi connectivity index (χ2n) is 17.9. The Hall–Kier alpha value is -8.87. The van der Waals surface area contributed by atoms with Gasteiger partial charge in [-0.1, -0.05) is 133 Å². The molecule has 0 spiro atoms. The zero-order chi connectivity index (χ0) is 44.5. The molecule has 0 aliphatic carbocycles. The van der Waals surface area contributed by atoms with Crippen molar-refractivity contribution in [3.05, 3.63) is 224 Å². The highest BCUT2D eigenvalue weighted by molar-refractivity contribution is 7.02. The van der Waals surface area contributed by atoms with Crippen molar-refractivity contribution in [2.24, 2.45) is 0 Å². The molecule has 0 saturated carbocycles. The number of rotatable bonds is 5. The summed E-state index contributed by atoms with van der Waals surface area (Å²) in [5.74, 6) is 3.36. The Kier molecular flexibility index (Phi) is 7.86. The molecule has 0 unspecified atom stereocenters. The monoisotopic (exact) mass is 869 g/mol. The molecule has 0 atom stereocenters. The molecule has 0 amide bonds. The minimum atomic E-state index is -0.142. The van der Waals surface area contributed by atoms with Crippen LogP contribution < -0.4 is 57.0 Å². The van der Waals surface area contributed by atoms with Crippen molar-refractivity contribution in [2.45, 2.75) is 0 Å². The van der Waals surface area contributed by atoms with Gasteiger partial charge in [-0.15, -0.1) is 0 Å². The maximum absolute atomic E-state index is 7.12. The van der Waals surface area contributed by atoms with E-state index in [2.05, 4.69) is 233 Å². The molecular formula is C60H37B2N3O3. The minimum Gasteiger partial charge on any atom is -0.458 e. The zero-order valence-corrected chi connectivity index (χ0v) is 36.6. The zero-order valence-electron chi connectivity index (χ0n) is 36.6. The van der Waals surface area contributed by atoms with Crippen LogP contribution in [0.1, 0.15) is 0 Å². The molecule has 6 nitrogen and oxygen atoms in total. The van der Waals surface area contributed by atoms with Gasteiger partial charge in [-0.25, -0.2) is 0 Å². The summed E-state index contributed by atoms with van der Waals surface area (Å²) in [6.07, 6.45) is 0. The number of hydrogen-bond acceptors (Lipinski definition) is 6. The molecular weight excluding hydrogens is 832 g/mol. The Morgan fingerprint density at radius 3 is 1.51 bits per heavy atom. The lowest BCUT2D eigenvalue weighted by molar-refractivity contribution is 0.487. The second-order valence-corrected chi connectivity index (χ2v) is 17.9. The van der Waals surface area contributed by atoms with E-state index in [1.165, 1.54) is 10.9 Å². The van der Waals surface area contributed by atoms with Crippen molar-refractivity contribution in [3.63, 3.8) is 0 Å². The number of nitrogens with zero attached hydrogens (tertiary/aromatic N) is 3. The van der Waals surface area contributed by atoms with E-state index in [1.54, 1.807) is 0 Å². The fourth-order valence-electron chi connectivity index (χ4n) is 11.6. The highest BCUT2D eigenvalue weighted by Crippen LogP contribution is 2.51.